The molecular weight excluding hydrogens is 403 g/mol. The number of amides is 1. The van der Waals surface area contributed by atoms with Crippen LogP contribution in [0.25, 0.3) is 10.8 Å². The third kappa shape index (κ3) is 5.48. The standard InChI is InChI=1S/C23H23FN2O5/c1-3-30-23(29)15(2)31-20-6-4-5-19-18(20)11-12-26(22(19)28)14-21(27)25-13-16-7-9-17(24)10-8-16/h4-12,15H,3,13-14H2,1-2H3,(H,25,27)/t15-/m1/s1. The largest absolute Gasteiger partial charge is 0.478 e. The lowest BCUT2D eigenvalue weighted by Crippen LogP contribution is -2.32. The third-order valence-corrected chi connectivity index (χ3v) is 4.62. The normalized spacial score (nSPS) is 11.7. The number of aromatic nitrogens is 1. The Morgan fingerprint density at radius 3 is 2.55 bits per heavy atom. The van der Waals surface area contributed by atoms with E-state index < -0.39 is 12.1 Å². The van der Waals surface area contributed by atoms with Crippen molar-refractivity contribution in [3.05, 3.63) is 76.5 Å². The molecule has 0 aliphatic rings. The summed E-state index contributed by atoms with van der Waals surface area (Å²) < 4.78 is 24.9. The molecule has 1 heterocycles. The number of ether oxygens (including phenoxy) is 2. The summed E-state index contributed by atoms with van der Waals surface area (Å²) in [5.41, 5.74) is 0.391. The van der Waals surface area contributed by atoms with Crippen LogP contribution in [0.5, 0.6) is 5.75 Å². The lowest BCUT2D eigenvalue weighted by molar-refractivity contribution is -0.150. The van der Waals surface area contributed by atoms with Crippen molar-refractivity contribution in [2.45, 2.75) is 33.0 Å². The Labute approximate surface area is 178 Å². The van der Waals surface area contributed by atoms with E-state index in [1.165, 1.54) is 22.9 Å². The molecule has 3 rings (SSSR count). The first-order valence-corrected chi connectivity index (χ1v) is 9.85. The molecule has 0 bridgehead atoms. The summed E-state index contributed by atoms with van der Waals surface area (Å²) in [6.07, 6.45) is 0.676. The zero-order valence-corrected chi connectivity index (χ0v) is 17.3. The van der Waals surface area contributed by atoms with Crippen molar-refractivity contribution in [2.24, 2.45) is 0 Å². The van der Waals surface area contributed by atoms with Gasteiger partial charge in [0.1, 0.15) is 18.1 Å². The first-order valence-electron chi connectivity index (χ1n) is 9.85. The summed E-state index contributed by atoms with van der Waals surface area (Å²) in [7, 11) is 0. The molecule has 31 heavy (non-hydrogen) atoms. The van der Waals surface area contributed by atoms with Gasteiger partial charge in [-0.3, -0.25) is 9.59 Å². The van der Waals surface area contributed by atoms with Crippen molar-refractivity contribution in [3.8, 4) is 5.75 Å². The molecular formula is C23H23FN2O5. The topological polar surface area (TPSA) is 86.6 Å². The smallest absolute Gasteiger partial charge is 0.347 e. The van der Waals surface area contributed by atoms with Crippen molar-refractivity contribution >= 4 is 22.6 Å². The number of pyridine rings is 1. The number of hydrogen-bond donors (Lipinski definition) is 1. The van der Waals surface area contributed by atoms with E-state index in [1.54, 1.807) is 50.2 Å². The molecule has 0 radical (unpaired) electrons. The number of fused-ring (bicyclic) bond motifs is 1. The summed E-state index contributed by atoms with van der Waals surface area (Å²) in [5.74, 6) is -0.819. The number of carbonyl (C=O) groups is 2. The van der Waals surface area contributed by atoms with Gasteiger partial charge in [0.25, 0.3) is 5.56 Å². The Morgan fingerprint density at radius 1 is 1.10 bits per heavy atom. The minimum Gasteiger partial charge on any atom is -0.478 e. The van der Waals surface area contributed by atoms with Crippen LogP contribution >= 0.6 is 0 Å². The highest BCUT2D eigenvalue weighted by atomic mass is 19.1. The Hall–Kier alpha value is -3.68. The van der Waals surface area contributed by atoms with Crippen molar-refractivity contribution in [3.63, 3.8) is 0 Å². The lowest BCUT2D eigenvalue weighted by Gasteiger charge is -2.15. The van der Waals surface area contributed by atoms with E-state index in [9.17, 15) is 18.8 Å². The summed E-state index contributed by atoms with van der Waals surface area (Å²) in [4.78, 5) is 36.9. The predicted octanol–water partition coefficient (Wildman–Crippen LogP) is 2.79. The van der Waals surface area contributed by atoms with Gasteiger partial charge in [0.05, 0.1) is 12.0 Å². The van der Waals surface area contributed by atoms with E-state index in [2.05, 4.69) is 5.32 Å². The maximum atomic E-state index is 13.0. The van der Waals surface area contributed by atoms with Gasteiger partial charge in [-0.2, -0.15) is 0 Å². The van der Waals surface area contributed by atoms with Crippen LogP contribution in [0.15, 0.2) is 59.5 Å². The highest BCUT2D eigenvalue weighted by Crippen LogP contribution is 2.24. The van der Waals surface area contributed by atoms with E-state index in [0.29, 0.717) is 16.5 Å². The predicted molar refractivity (Wildman–Crippen MR) is 113 cm³/mol. The number of hydrogen-bond acceptors (Lipinski definition) is 5. The van der Waals surface area contributed by atoms with Crippen LogP contribution in [0.4, 0.5) is 4.39 Å². The summed E-state index contributed by atoms with van der Waals surface area (Å²) >= 11 is 0. The molecule has 1 N–H and O–H groups in total. The van der Waals surface area contributed by atoms with Gasteiger partial charge >= 0.3 is 5.97 Å². The number of carbonyl (C=O) groups excluding carboxylic acids is 2. The molecule has 1 aromatic heterocycles. The second-order valence-electron chi connectivity index (χ2n) is 6.88. The maximum absolute atomic E-state index is 13.0. The highest BCUT2D eigenvalue weighted by molar-refractivity contribution is 5.88. The summed E-state index contributed by atoms with van der Waals surface area (Å²) in [6, 6.07) is 12.4. The number of nitrogens with one attached hydrogen (secondary N) is 1. The SMILES string of the molecule is CCOC(=O)[C@@H](C)Oc1cccc2c(=O)n(CC(=O)NCc3ccc(F)cc3)ccc12. The van der Waals surface area contributed by atoms with Gasteiger partial charge in [-0.1, -0.05) is 18.2 Å². The molecule has 0 spiro atoms. The number of rotatable bonds is 8. The second-order valence-corrected chi connectivity index (χ2v) is 6.88. The van der Waals surface area contributed by atoms with Gasteiger partial charge in [-0.05, 0) is 49.7 Å². The third-order valence-electron chi connectivity index (χ3n) is 4.62. The van der Waals surface area contributed by atoms with Crippen LogP contribution in [-0.2, 0) is 27.4 Å². The minimum absolute atomic E-state index is 0.166. The fourth-order valence-electron chi connectivity index (χ4n) is 3.03. The molecule has 0 saturated carbocycles. The van der Waals surface area contributed by atoms with E-state index in [1.807, 2.05) is 0 Å². The quantitative estimate of drug-likeness (QED) is 0.560. The molecule has 1 amide bonds. The Kier molecular flexibility index (Phi) is 7.02. The van der Waals surface area contributed by atoms with Crippen molar-refractivity contribution < 1.29 is 23.5 Å². The van der Waals surface area contributed by atoms with E-state index >= 15 is 0 Å². The molecule has 1 atom stereocenters. The van der Waals surface area contributed by atoms with Gasteiger partial charge in [0.15, 0.2) is 6.10 Å². The molecule has 0 saturated heterocycles. The van der Waals surface area contributed by atoms with Gasteiger partial charge in [-0.25, -0.2) is 9.18 Å². The maximum Gasteiger partial charge on any atom is 0.347 e. The van der Waals surface area contributed by atoms with Crippen LogP contribution in [0.1, 0.15) is 19.4 Å². The minimum atomic E-state index is -0.828. The molecule has 0 unspecified atom stereocenters. The van der Waals surface area contributed by atoms with Gasteiger partial charge < -0.3 is 19.4 Å². The van der Waals surface area contributed by atoms with Crippen LogP contribution in [0.3, 0.4) is 0 Å². The second kappa shape index (κ2) is 9.88. The lowest BCUT2D eigenvalue weighted by atomic mass is 10.1. The first kappa shape index (κ1) is 22.0. The zero-order chi connectivity index (χ0) is 22.4. The van der Waals surface area contributed by atoms with E-state index in [0.717, 1.165) is 5.56 Å². The molecule has 7 nitrogen and oxygen atoms in total. The van der Waals surface area contributed by atoms with Crippen molar-refractivity contribution in [2.75, 3.05) is 6.61 Å². The molecule has 0 aliphatic carbocycles. The highest BCUT2D eigenvalue weighted by Gasteiger charge is 2.18. The zero-order valence-electron chi connectivity index (χ0n) is 17.3. The van der Waals surface area contributed by atoms with Gasteiger partial charge in [0, 0.05) is 18.1 Å². The molecule has 2 aromatic carbocycles. The monoisotopic (exact) mass is 426 g/mol. The average Bonchev–Trinajstić information content (AvgIpc) is 2.76. The molecule has 162 valence electrons. The van der Waals surface area contributed by atoms with Crippen LogP contribution < -0.4 is 15.6 Å². The first-order chi connectivity index (χ1) is 14.9. The van der Waals surface area contributed by atoms with E-state index in [-0.39, 0.29) is 37.0 Å². The fraction of sp³-hybridized carbons (Fsp3) is 0.261. The van der Waals surface area contributed by atoms with Crippen LogP contribution in [-0.4, -0.2) is 29.2 Å². The van der Waals surface area contributed by atoms with Gasteiger partial charge in [-0.15, -0.1) is 0 Å². The molecule has 8 heteroatoms. The number of benzene rings is 2. The Morgan fingerprint density at radius 2 is 1.84 bits per heavy atom. The van der Waals surface area contributed by atoms with Crippen molar-refractivity contribution in [1.29, 1.82) is 0 Å². The van der Waals surface area contributed by atoms with Gasteiger partial charge in [0.2, 0.25) is 5.91 Å². The fourth-order valence-corrected chi connectivity index (χ4v) is 3.03. The summed E-state index contributed by atoms with van der Waals surface area (Å²) in [6.45, 7) is 3.59. The molecule has 3 aromatic rings. The Bertz CT molecular complexity index is 1140. The van der Waals surface area contributed by atoms with E-state index in [4.69, 9.17) is 9.47 Å². The Balaban J connectivity index is 1.73. The average molecular weight is 426 g/mol. The molecule has 0 fully saturated rings. The number of esters is 1. The van der Waals surface area contributed by atoms with Crippen LogP contribution in [0, 0.1) is 5.82 Å². The number of nitrogens with zero attached hydrogens (tertiary/aromatic N) is 1. The number of halogens is 1. The summed E-state index contributed by atoms with van der Waals surface area (Å²) in [5, 5.41) is 3.60. The van der Waals surface area contributed by atoms with Crippen LogP contribution in [0.2, 0.25) is 0 Å². The van der Waals surface area contributed by atoms with Crippen molar-refractivity contribution in [1.82, 2.24) is 9.88 Å². The molecule has 0 aliphatic heterocycles.